The minimum atomic E-state index is -0.127. The summed E-state index contributed by atoms with van der Waals surface area (Å²) in [7, 11) is 0. The molecule has 0 saturated heterocycles. The van der Waals surface area contributed by atoms with Crippen molar-refractivity contribution in [1.82, 2.24) is 15.2 Å². The van der Waals surface area contributed by atoms with Crippen LogP contribution in [0.15, 0.2) is 18.3 Å². The number of nitrogens with zero attached hydrogens (tertiary/aromatic N) is 2. The topological polar surface area (TPSA) is 57.3 Å². The molecule has 0 spiro atoms. The molecule has 1 heterocycles. The van der Waals surface area contributed by atoms with E-state index >= 15 is 0 Å². The van der Waals surface area contributed by atoms with Crippen LogP contribution in [0.3, 0.4) is 0 Å². The molecule has 2 N–H and O–H groups in total. The second kappa shape index (κ2) is 9.31. The van der Waals surface area contributed by atoms with Gasteiger partial charge in [-0.15, -0.1) is 0 Å². The van der Waals surface area contributed by atoms with Crippen LogP contribution >= 0.6 is 0 Å². The molecule has 5 heteroatoms. The molecule has 1 amide bonds. The molecule has 0 atom stereocenters. The van der Waals surface area contributed by atoms with E-state index in [9.17, 15) is 4.79 Å². The quantitative estimate of drug-likeness (QED) is 0.725. The molecular formula is C15H26N4O. The molecule has 0 aromatic carbocycles. The number of nitrogens with one attached hydrogen (secondary N) is 2. The summed E-state index contributed by atoms with van der Waals surface area (Å²) in [5.41, 5.74) is 1.39. The summed E-state index contributed by atoms with van der Waals surface area (Å²) in [6.45, 7) is 10.9. The Balaban J connectivity index is 2.48. The van der Waals surface area contributed by atoms with Crippen LogP contribution in [0, 0.1) is 0 Å². The molecule has 1 aromatic rings. The number of amides is 1. The van der Waals surface area contributed by atoms with Gasteiger partial charge in [0.2, 0.25) is 0 Å². The van der Waals surface area contributed by atoms with Crippen LogP contribution in [0.2, 0.25) is 0 Å². The van der Waals surface area contributed by atoms with E-state index in [1.54, 1.807) is 12.3 Å². The summed E-state index contributed by atoms with van der Waals surface area (Å²) >= 11 is 0. The van der Waals surface area contributed by atoms with Gasteiger partial charge in [0, 0.05) is 31.5 Å². The van der Waals surface area contributed by atoms with Crippen LogP contribution in [0.25, 0.3) is 0 Å². The summed E-state index contributed by atoms with van der Waals surface area (Å²) in [6.07, 6.45) is 2.83. The van der Waals surface area contributed by atoms with Crippen molar-refractivity contribution >= 4 is 11.6 Å². The third kappa shape index (κ3) is 5.57. The highest BCUT2D eigenvalue weighted by atomic mass is 16.1. The number of hydrogen-bond donors (Lipinski definition) is 2. The predicted octanol–water partition coefficient (Wildman–Crippen LogP) is 1.98. The zero-order valence-electron chi connectivity index (χ0n) is 12.8. The monoisotopic (exact) mass is 278 g/mol. The lowest BCUT2D eigenvalue weighted by Gasteiger charge is -2.19. The first-order chi connectivity index (χ1) is 9.71. The average molecular weight is 278 g/mol. The zero-order valence-corrected chi connectivity index (χ0v) is 12.8. The Bertz CT molecular complexity index is 409. The molecule has 0 radical (unpaired) electrons. The molecule has 1 rings (SSSR count). The smallest absolute Gasteiger partial charge is 0.269 e. The van der Waals surface area contributed by atoms with Crippen LogP contribution in [0.4, 0.5) is 5.69 Å². The highest BCUT2D eigenvalue weighted by molar-refractivity contribution is 5.93. The number of hydrogen-bond acceptors (Lipinski definition) is 4. The van der Waals surface area contributed by atoms with E-state index in [0.29, 0.717) is 12.2 Å². The zero-order chi connectivity index (χ0) is 14.8. The van der Waals surface area contributed by atoms with Crippen LogP contribution in [-0.4, -0.2) is 48.5 Å². The van der Waals surface area contributed by atoms with Gasteiger partial charge in [-0.05, 0) is 38.6 Å². The number of aromatic nitrogens is 1. The van der Waals surface area contributed by atoms with Gasteiger partial charge < -0.3 is 15.5 Å². The fourth-order valence-electron chi connectivity index (χ4n) is 2.02. The van der Waals surface area contributed by atoms with Crippen molar-refractivity contribution in [1.29, 1.82) is 0 Å². The molecule has 0 aliphatic heterocycles. The fourth-order valence-corrected chi connectivity index (χ4v) is 2.02. The average Bonchev–Trinajstić information content (AvgIpc) is 2.47. The molecule has 0 unspecified atom stereocenters. The van der Waals surface area contributed by atoms with Crippen molar-refractivity contribution in [3.8, 4) is 0 Å². The summed E-state index contributed by atoms with van der Waals surface area (Å²) < 4.78 is 0. The highest BCUT2D eigenvalue weighted by Crippen LogP contribution is 2.07. The van der Waals surface area contributed by atoms with Gasteiger partial charge in [-0.1, -0.05) is 13.8 Å². The summed E-state index contributed by atoms with van der Waals surface area (Å²) in [5.74, 6) is -0.127. The second-order valence-corrected chi connectivity index (χ2v) is 4.65. The van der Waals surface area contributed by atoms with E-state index in [1.165, 1.54) is 6.42 Å². The molecule has 0 bridgehead atoms. The number of carbonyl (C=O) groups excluding carboxylic acids is 1. The Morgan fingerprint density at radius 3 is 2.75 bits per heavy atom. The molecule has 112 valence electrons. The molecule has 1 aromatic heterocycles. The molecule has 0 fully saturated rings. The first kappa shape index (κ1) is 16.4. The van der Waals surface area contributed by atoms with Gasteiger partial charge in [-0.25, -0.2) is 0 Å². The molecule has 0 saturated carbocycles. The Morgan fingerprint density at radius 2 is 2.10 bits per heavy atom. The number of rotatable bonds is 9. The minimum Gasteiger partial charge on any atom is -0.384 e. The maximum absolute atomic E-state index is 11.7. The number of anilines is 1. The van der Waals surface area contributed by atoms with Crippen LogP contribution < -0.4 is 10.6 Å². The van der Waals surface area contributed by atoms with Gasteiger partial charge in [0.1, 0.15) is 5.69 Å². The first-order valence-electron chi connectivity index (χ1n) is 7.41. The van der Waals surface area contributed by atoms with E-state index in [4.69, 9.17) is 0 Å². The largest absolute Gasteiger partial charge is 0.384 e. The molecule has 20 heavy (non-hydrogen) atoms. The van der Waals surface area contributed by atoms with Crippen molar-refractivity contribution in [2.75, 3.05) is 38.0 Å². The number of likely N-dealkylation sites (N-methyl/N-ethyl adjacent to an activating group) is 1. The Kier molecular flexibility index (Phi) is 7.65. The minimum absolute atomic E-state index is 0.127. The van der Waals surface area contributed by atoms with Crippen LogP contribution in [-0.2, 0) is 0 Å². The van der Waals surface area contributed by atoms with Gasteiger partial charge in [0.15, 0.2) is 0 Å². The second-order valence-electron chi connectivity index (χ2n) is 4.65. The lowest BCUT2D eigenvalue weighted by molar-refractivity contribution is 0.0951. The van der Waals surface area contributed by atoms with Crippen molar-refractivity contribution < 1.29 is 4.79 Å². The molecule has 0 aliphatic rings. The fraction of sp³-hybridized carbons (Fsp3) is 0.600. The Labute approximate surface area is 121 Å². The number of carbonyl (C=O) groups is 1. The van der Waals surface area contributed by atoms with Crippen molar-refractivity contribution in [3.63, 3.8) is 0 Å². The number of pyridine rings is 1. The normalized spacial score (nSPS) is 10.6. The van der Waals surface area contributed by atoms with E-state index in [-0.39, 0.29) is 5.91 Å². The lowest BCUT2D eigenvalue weighted by Crippen LogP contribution is -2.29. The van der Waals surface area contributed by atoms with E-state index in [2.05, 4.69) is 34.4 Å². The van der Waals surface area contributed by atoms with Gasteiger partial charge >= 0.3 is 0 Å². The van der Waals surface area contributed by atoms with Crippen molar-refractivity contribution in [3.05, 3.63) is 24.0 Å². The van der Waals surface area contributed by atoms with Gasteiger partial charge in [0.25, 0.3) is 5.91 Å². The summed E-state index contributed by atoms with van der Waals surface area (Å²) in [6, 6.07) is 3.68. The molecule has 5 nitrogen and oxygen atoms in total. The predicted molar refractivity (Wildman–Crippen MR) is 83.1 cm³/mol. The first-order valence-corrected chi connectivity index (χ1v) is 7.41. The summed E-state index contributed by atoms with van der Waals surface area (Å²) in [5, 5.41) is 6.10. The van der Waals surface area contributed by atoms with Crippen LogP contribution in [0.5, 0.6) is 0 Å². The van der Waals surface area contributed by atoms with Gasteiger partial charge in [-0.3, -0.25) is 9.78 Å². The molecule has 0 aliphatic carbocycles. The SMILES string of the molecule is CCCN(CC)CCNc1ccnc(C(=O)NCC)c1. The van der Waals surface area contributed by atoms with Gasteiger partial charge in [-0.2, -0.15) is 0 Å². The van der Waals surface area contributed by atoms with E-state index in [1.807, 2.05) is 13.0 Å². The maximum Gasteiger partial charge on any atom is 0.269 e. The maximum atomic E-state index is 11.7. The third-order valence-corrected chi connectivity index (χ3v) is 3.07. The highest BCUT2D eigenvalue weighted by Gasteiger charge is 2.06. The third-order valence-electron chi connectivity index (χ3n) is 3.07. The van der Waals surface area contributed by atoms with Crippen molar-refractivity contribution in [2.24, 2.45) is 0 Å². The Hall–Kier alpha value is -1.62. The van der Waals surface area contributed by atoms with Crippen molar-refractivity contribution in [2.45, 2.75) is 27.2 Å². The lowest BCUT2D eigenvalue weighted by atomic mass is 10.3. The molecular weight excluding hydrogens is 252 g/mol. The standard InChI is InChI=1S/C15H26N4O/c1-4-10-19(6-3)11-9-17-13-7-8-18-14(12-13)15(20)16-5-2/h7-8,12H,4-6,9-11H2,1-3H3,(H,16,20)(H,17,18). The Morgan fingerprint density at radius 1 is 1.30 bits per heavy atom. The van der Waals surface area contributed by atoms with Crippen LogP contribution in [0.1, 0.15) is 37.7 Å². The summed E-state index contributed by atoms with van der Waals surface area (Å²) in [4.78, 5) is 18.2. The van der Waals surface area contributed by atoms with E-state index in [0.717, 1.165) is 31.9 Å². The van der Waals surface area contributed by atoms with Gasteiger partial charge in [0.05, 0.1) is 0 Å². The van der Waals surface area contributed by atoms with E-state index < -0.39 is 0 Å².